The summed E-state index contributed by atoms with van der Waals surface area (Å²) in [5.41, 5.74) is 0.849. The fraction of sp³-hybridized carbons (Fsp3) is 0.611. The molecule has 4 heterocycles. The number of aromatic nitrogens is 3. The van der Waals surface area contributed by atoms with Crippen LogP contribution in [-0.2, 0) is 4.79 Å². The molecule has 2 aromatic heterocycles. The third-order valence-corrected chi connectivity index (χ3v) is 5.48. The lowest BCUT2D eigenvalue weighted by molar-refractivity contribution is -0.137. The van der Waals surface area contributed by atoms with E-state index in [0.29, 0.717) is 5.91 Å². The number of pyridine rings is 1. The van der Waals surface area contributed by atoms with E-state index in [4.69, 9.17) is 0 Å². The molecule has 7 heteroatoms. The van der Waals surface area contributed by atoms with Crippen molar-refractivity contribution in [1.29, 1.82) is 0 Å². The third kappa shape index (κ3) is 3.20. The van der Waals surface area contributed by atoms with E-state index in [-0.39, 0.29) is 5.92 Å². The largest absolute Gasteiger partial charge is 0.340 e. The van der Waals surface area contributed by atoms with Crippen molar-refractivity contribution in [2.75, 3.05) is 50.7 Å². The number of carbonyl (C=O) groups is 1. The molecule has 0 radical (unpaired) electrons. The standard InChI is InChI=1S/C18H26N6O/c1-2-21-10-12-22(13-11-21)17(25)15-6-5-8-23(14-15)18-20-19-16-7-3-4-9-24(16)18/h3-4,7,9,15H,2,5-6,8,10-14H2,1H3. The summed E-state index contributed by atoms with van der Waals surface area (Å²) < 4.78 is 2.01. The first kappa shape index (κ1) is 16.3. The van der Waals surface area contributed by atoms with E-state index in [1.54, 1.807) is 0 Å². The molecule has 25 heavy (non-hydrogen) atoms. The molecule has 0 aliphatic carbocycles. The molecule has 0 bridgehead atoms. The molecule has 1 amide bonds. The van der Waals surface area contributed by atoms with Crippen molar-refractivity contribution in [2.24, 2.45) is 5.92 Å². The number of anilines is 1. The number of hydrogen-bond acceptors (Lipinski definition) is 5. The van der Waals surface area contributed by atoms with Crippen LogP contribution in [0.2, 0.25) is 0 Å². The van der Waals surface area contributed by atoms with Crippen LogP contribution in [0.1, 0.15) is 19.8 Å². The summed E-state index contributed by atoms with van der Waals surface area (Å²) in [6.45, 7) is 8.62. The molecule has 7 nitrogen and oxygen atoms in total. The van der Waals surface area contributed by atoms with Gasteiger partial charge in [-0.05, 0) is 31.5 Å². The predicted octanol–water partition coefficient (Wildman–Crippen LogP) is 1.11. The summed E-state index contributed by atoms with van der Waals surface area (Å²) in [7, 11) is 0. The van der Waals surface area contributed by atoms with E-state index in [9.17, 15) is 4.79 Å². The predicted molar refractivity (Wildman–Crippen MR) is 96.6 cm³/mol. The van der Waals surface area contributed by atoms with Crippen LogP contribution in [0, 0.1) is 5.92 Å². The van der Waals surface area contributed by atoms with Crippen molar-refractivity contribution in [3.8, 4) is 0 Å². The Morgan fingerprint density at radius 3 is 2.80 bits per heavy atom. The number of amides is 1. The molecular formula is C18H26N6O. The lowest BCUT2D eigenvalue weighted by Crippen LogP contribution is -2.52. The van der Waals surface area contributed by atoms with Crippen LogP contribution in [0.4, 0.5) is 5.95 Å². The van der Waals surface area contributed by atoms with Gasteiger partial charge < -0.3 is 14.7 Å². The van der Waals surface area contributed by atoms with E-state index in [1.165, 1.54) is 0 Å². The van der Waals surface area contributed by atoms with Gasteiger partial charge in [0.05, 0.1) is 5.92 Å². The summed E-state index contributed by atoms with van der Waals surface area (Å²) in [5.74, 6) is 1.23. The first-order valence-electron chi connectivity index (χ1n) is 9.32. The summed E-state index contributed by atoms with van der Waals surface area (Å²) in [4.78, 5) is 19.6. The molecule has 2 saturated heterocycles. The fourth-order valence-corrected chi connectivity index (χ4v) is 3.95. The van der Waals surface area contributed by atoms with Crippen molar-refractivity contribution in [3.63, 3.8) is 0 Å². The van der Waals surface area contributed by atoms with Crippen LogP contribution in [0.5, 0.6) is 0 Å². The Bertz CT molecular complexity index is 736. The van der Waals surface area contributed by atoms with Gasteiger partial charge in [-0.2, -0.15) is 0 Å². The quantitative estimate of drug-likeness (QED) is 0.836. The highest BCUT2D eigenvalue weighted by atomic mass is 16.2. The number of rotatable bonds is 3. The number of piperidine rings is 1. The van der Waals surface area contributed by atoms with Gasteiger partial charge in [0.1, 0.15) is 0 Å². The van der Waals surface area contributed by atoms with Crippen molar-refractivity contribution < 1.29 is 4.79 Å². The second kappa shape index (κ2) is 7.00. The van der Waals surface area contributed by atoms with E-state index < -0.39 is 0 Å². The molecule has 0 spiro atoms. The van der Waals surface area contributed by atoms with Crippen molar-refractivity contribution >= 4 is 17.5 Å². The van der Waals surface area contributed by atoms with E-state index in [1.807, 2.05) is 28.8 Å². The second-order valence-electron chi connectivity index (χ2n) is 6.97. The summed E-state index contributed by atoms with van der Waals surface area (Å²) in [6, 6.07) is 5.90. The number of nitrogens with zero attached hydrogens (tertiary/aromatic N) is 6. The molecule has 0 N–H and O–H groups in total. The van der Waals surface area contributed by atoms with Crippen LogP contribution < -0.4 is 4.90 Å². The SMILES string of the molecule is CCN1CCN(C(=O)C2CCCN(c3nnc4ccccn34)C2)CC1. The van der Waals surface area contributed by atoms with Gasteiger partial charge in [0.2, 0.25) is 11.9 Å². The average molecular weight is 342 g/mol. The van der Waals surface area contributed by atoms with Gasteiger partial charge in [-0.1, -0.05) is 13.0 Å². The third-order valence-electron chi connectivity index (χ3n) is 5.48. The maximum Gasteiger partial charge on any atom is 0.231 e. The number of fused-ring (bicyclic) bond motifs is 1. The van der Waals surface area contributed by atoms with Crippen LogP contribution >= 0.6 is 0 Å². The number of likely N-dealkylation sites (N-methyl/N-ethyl adjacent to an activating group) is 1. The molecule has 2 fully saturated rings. The lowest BCUT2D eigenvalue weighted by Gasteiger charge is -2.38. The van der Waals surface area contributed by atoms with Gasteiger partial charge in [-0.3, -0.25) is 9.20 Å². The molecule has 1 unspecified atom stereocenters. The Kier molecular flexibility index (Phi) is 4.57. The highest BCUT2D eigenvalue weighted by Crippen LogP contribution is 2.24. The Morgan fingerprint density at radius 2 is 2.00 bits per heavy atom. The van der Waals surface area contributed by atoms with Gasteiger partial charge in [0.25, 0.3) is 0 Å². The van der Waals surface area contributed by atoms with Gasteiger partial charge in [-0.25, -0.2) is 0 Å². The minimum Gasteiger partial charge on any atom is -0.340 e. The fourth-order valence-electron chi connectivity index (χ4n) is 3.95. The summed E-state index contributed by atoms with van der Waals surface area (Å²) in [6.07, 6.45) is 3.98. The minimum atomic E-state index is 0.0676. The zero-order chi connectivity index (χ0) is 17.2. The van der Waals surface area contributed by atoms with Crippen molar-refractivity contribution in [3.05, 3.63) is 24.4 Å². The molecule has 4 rings (SSSR count). The molecule has 0 saturated carbocycles. The number of hydrogen-bond donors (Lipinski definition) is 0. The van der Waals surface area contributed by atoms with Gasteiger partial charge in [-0.15, -0.1) is 10.2 Å². The molecule has 1 atom stereocenters. The number of piperazine rings is 1. The highest BCUT2D eigenvalue weighted by Gasteiger charge is 2.32. The van der Waals surface area contributed by atoms with Gasteiger partial charge in [0.15, 0.2) is 5.65 Å². The van der Waals surface area contributed by atoms with Crippen LogP contribution in [0.15, 0.2) is 24.4 Å². The Hall–Kier alpha value is -2.15. The summed E-state index contributed by atoms with van der Waals surface area (Å²) >= 11 is 0. The zero-order valence-corrected chi connectivity index (χ0v) is 14.8. The van der Waals surface area contributed by atoms with E-state index in [2.05, 4.69) is 31.8 Å². The lowest BCUT2D eigenvalue weighted by atomic mass is 9.96. The normalized spacial score (nSPS) is 22.5. The van der Waals surface area contributed by atoms with Crippen LogP contribution in [-0.4, -0.2) is 76.1 Å². The average Bonchev–Trinajstić information content (AvgIpc) is 3.12. The Balaban J connectivity index is 1.45. The van der Waals surface area contributed by atoms with E-state index in [0.717, 1.165) is 70.3 Å². The van der Waals surface area contributed by atoms with Crippen molar-refractivity contribution in [2.45, 2.75) is 19.8 Å². The maximum atomic E-state index is 13.0. The molecule has 0 aromatic carbocycles. The monoisotopic (exact) mass is 342 g/mol. The topological polar surface area (TPSA) is 57.0 Å². The smallest absolute Gasteiger partial charge is 0.231 e. The Labute approximate surface area is 148 Å². The van der Waals surface area contributed by atoms with Gasteiger partial charge in [0, 0.05) is 45.5 Å². The number of carbonyl (C=O) groups excluding carboxylic acids is 1. The second-order valence-corrected chi connectivity index (χ2v) is 6.97. The van der Waals surface area contributed by atoms with Crippen LogP contribution in [0.25, 0.3) is 5.65 Å². The van der Waals surface area contributed by atoms with Crippen molar-refractivity contribution in [1.82, 2.24) is 24.4 Å². The molecule has 2 aliphatic heterocycles. The first-order chi connectivity index (χ1) is 12.3. The van der Waals surface area contributed by atoms with Crippen LogP contribution in [0.3, 0.4) is 0 Å². The molecular weight excluding hydrogens is 316 g/mol. The molecule has 134 valence electrons. The highest BCUT2D eigenvalue weighted by molar-refractivity contribution is 5.80. The van der Waals surface area contributed by atoms with E-state index >= 15 is 0 Å². The molecule has 2 aliphatic rings. The summed E-state index contributed by atoms with van der Waals surface area (Å²) in [5, 5.41) is 8.60. The first-order valence-corrected chi connectivity index (χ1v) is 9.32. The van der Waals surface area contributed by atoms with Gasteiger partial charge >= 0.3 is 0 Å². The Morgan fingerprint density at radius 1 is 1.16 bits per heavy atom. The maximum absolute atomic E-state index is 13.0. The minimum absolute atomic E-state index is 0.0676. The molecule has 2 aromatic rings. The zero-order valence-electron chi connectivity index (χ0n) is 14.8.